The van der Waals surface area contributed by atoms with Crippen molar-refractivity contribution in [1.82, 2.24) is 0 Å². The first-order valence-electron chi connectivity index (χ1n) is 9.23. The van der Waals surface area contributed by atoms with E-state index >= 15 is 0 Å². The van der Waals surface area contributed by atoms with E-state index in [9.17, 15) is 4.79 Å². The molecule has 27 heavy (non-hydrogen) atoms. The Morgan fingerprint density at radius 3 is 2.59 bits per heavy atom. The largest absolute Gasteiger partial charge is 0.490 e. The average molecular weight is 356 g/mol. The van der Waals surface area contributed by atoms with Gasteiger partial charge in [0.05, 0.1) is 17.7 Å². The molecule has 1 fully saturated rings. The van der Waals surface area contributed by atoms with Gasteiger partial charge in [0.15, 0.2) is 0 Å². The Balaban J connectivity index is 1.50. The van der Waals surface area contributed by atoms with Crippen LogP contribution in [-0.2, 0) is 0 Å². The molecule has 1 N–H and O–H groups in total. The maximum atomic E-state index is 12.6. The third-order valence-electron chi connectivity index (χ3n) is 4.93. The van der Waals surface area contributed by atoms with Crippen LogP contribution in [0.4, 0.5) is 5.69 Å². The standard InChI is InChI=1S/C23H20N2O2/c24-15-16-8-9-18-13-19(11-10-17(18)12-16)23(26)25-20-4-3-7-22(14-20)27-21-5-1-2-6-21/h3-4,7-14,21H,1-2,5-6H2,(H,25,26). The van der Waals surface area contributed by atoms with Gasteiger partial charge in [0.25, 0.3) is 5.91 Å². The van der Waals surface area contributed by atoms with Crippen LogP contribution in [0.5, 0.6) is 5.75 Å². The smallest absolute Gasteiger partial charge is 0.255 e. The number of nitrogens with zero attached hydrogens (tertiary/aromatic N) is 1. The van der Waals surface area contributed by atoms with Crippen molar-refractivity contribution in [3.05, 3.63) is 71.8 Å². The Bertz CT molecular complexity index is 1030. The lowest BCUT2D eigenvalue weighted by Crippen LogP contribution is -2.13. The maximum absolute atomic E-state index is 12.6. The summed E-state index contributed by atoms with van der Waals surface area (Å²) in [6.45, 7) is 0. The molecule has 0 unspecified atom stereocenters. The molecule has 1 aliphatic rings. The minimum absolute atomic E-state index is 0.167. The Labute approximate surface area is 158 Å². The number of amides is 1. The van der Waals surface area contributed by atoms with Crippen molar-refractivity contribution in [2.75, 3.05) is 5.32 Å². The lowest BCUT2D eigenvalue weighted by atomic mass is 10.0. The molecular weight excluding hydrogens is 336 g/mol. The summed E-state index contributed by atoms with van der Waals surface area (Å²) in [4.78, 5) is 12.6. The molecule has 1 aliphatic carbocycles. The number of anilines is 1. The van der Waals surface area contributed by atoms with Crippen molar-refractivity contribution in [3.63, 3.8) is 0 Å². The van der Waals surface area contributed by atoms with Crippen molar-refractivity contribution >= 4 is 22.4 Å². The zero-order chi connectivity index (χ0) is 18.6. The molecule has 4 rings (SSSR count). The minimum atomic E-state index is -0.167. The van der Waals surface area contributed by atoms with Gasteiger partial charge in [0, 0.05) is 17.3 Å². The summed E-state index contributed by atoms with van der Waals surface area (Å²) in [5.41, 5.74) is 1.91. The third kappa shape index (κ3) is 3.93. The van der Waals surface area contributed by atoms with Gasteiger partial charge in [-0.3, -0.25) is 4.79 Å². The first kappa shape index (κ1) is 17.1. The van der Waals surface area contributed by atoms with Crippen LogP contribution in [-0.4, -0.2) is 12.0 Å². The van der Waals surface area contributed by atoms with E-state index in [2.05, 4.69) is 11.4 Å². The van der Waals surface area contributed by atoms with Crippen LogP contribution in [0.25, 0.3) is 10.8 Å². The van der Waals surface area contributed by atoms with Crippen LogP contribution >= 0.6 is 0 Å². The van der Waals surface area contributed by atoms with Gasteiger partial charge in [0.1, 0.15) is 5.75 Å². The molecule has 1 amide bonds. The SMILES string of the molecule is N#Cc1ccc2cc(C(=O)Nc3cccc(OC4CCCC4)c3)ccc2c1. The molecule has 1 saturated carbocycles. The van der Waals surface area contributed by atoms with Crippen LogP contribution in [0.3, 0.4) is 0 Å². The highest BCUT2D eigenvalue weighted by Gasteiger charge is 2.16. The normalized spacial score (nSPS) is 14.0. The topological polar surface area (TPSA) is 62.1 Å². The second-order valence-electron chi connectivity index (χ2n) is 6.89. The molecule has 0 radical (unpaired) electrons. The summed E-state index contributed by atoms with van der Waals surface area (Å²) in [6.07, 6.45) is 4.93. The van der Waals surface area contributed by atoms with Crippen LogP contribution in [0.2, 0.25) is 0 Å². The van der Waals surface area contributed by atoms with E-state index in [1.165, 1.54) is 12.8 Å². The van der Waals surface area contributed by atoms with Gasteiger partial charge in [-0.25, -0.2) is 0 Å². The highest BCUT2D eigenvalue weighted by molar-refractivity contribution is 6.06. The fourth-order valence-corrected chi connectivity index (χ4v) is 3.51. The summed E-state index contributed by atoms with van der Waals surface area (Å²) >= 11 is 0. The van der Waals surface area contributed by atoms with Gasteiger partial charge in [-0.05, 0) is 72.9 Å². The van der Waals surface area contributed by atoms with E-state index in [1.807, 2.05) is 48.5 Å². The van der Waals surface area contributed by atoms with Crippen LogP contribution in [0.15, 0.2) is 60.7 Å². The zero-order valence-corrected chi connectivity index (χ0v) is 14.9. The van der Waals surface area contributed by atoms with Crippen LogP contribution in [0, 0.1) is 11.3 Å². The van der Waals surface area contributed by atoms with Crippen molar-refractivity contribution in [2.24, 2.45) is 0 Å². The second kappa shape index (κ2) is 7.51. The molecule has 0 spiro atoms. The molecule has 0 atom stereocenters. The van der Waals surface area contributed by atoms with Crippen molar-refractivity contribution in [1.29, 1.82) is 5.26 Å². The second-order valence-corrected chi connectivity index (χ2v) is 6.89. The van der Waals surface area contributed by atoms with Crippen molar-refractivity contribution in [3.8, 4) is 11.8 Å². The summed E-state index contributed by atoms with van der Waals surface area (Å²) in [6, 6.07) is 20.6. The van der Waals surface area contributed by atoms with E-state index < -0.39 is 0 Å². The number of nitrogens with one attached hydrogen (secondary N) is 1. The van der Waals surface area contributed by atoms with Gasteiger partial charge >= 0.3 is 0 Å². The van der Waals surface area contributed by atoms with Gasteiger partial charge < -0.3 is 10.1 Å². The number of hydrogen-bond acceptors (Lipinski definition) is 3. The number of hydrogen-bond donors (Lipinski definition) is 1. The molecule has 4 heteroatoms. The molecule has 0 saturated heterocycles. The van der Waals surface area contributed by atoms with E-state index in [1.54, 1.807) is 12.1 Å². The summed E-state index contributed by atoms with van der Waals surface area (Å²) in [5, 5.41) is 13.8. The van der Waals surface area contributed by atoms with Crippen molar-refractivity contribution in [2.45, 2.75) is 31.8 Å². The third-order valence-corrected chi connectivity index (χ3v) is 4.93. The molecule has 0 aromatic heterocycles. The molecule has 4 nitrogen and oxygen atoms in total. The van der Waals surface area contributed by atoms with Crippen LogP contribution in [0.1, 0.15) is 41.6 Å². The maximum Gasteiger partial charge on any atom is 0.255 e. The fraction of sp³-hybridized carbons (Fsp3) is 0.217. The molecule has 3 aromatic rings. The molecule has 0 heterocycles. The summed E-state index contributed by atoms with van der Waals surface area (Å²) < 4.78 is 6.01. The zero-order valence-electron chi connectivity index (χ0n) is 14.9. The molecular formula is C23H20N2O2. The fourth-order valence-electron chi connectivity index (χ4n) is 3.51. The minimum Gasteiger partial charge on any atom is -0.490 e. The van der Waals surface area contributed by atoms with Crippen molar-refractivity contribution < 1.29 is 9.53 Å². The summed E-state index contributed by atoms with van der Waals surface area (Å²) in [5.74, 6) is 0.626. The molecule has 134 valence electrons. The first-order chi connectivity index (χ1) is 13.2. The Morgan fingerprint density at radius 1 is 1.00 bits per heavy atom. The van der Waals surface area contributed by atoms with E-state index in [0.717, 1.165) is 35.1 Å². The first-order valence-corrected chi connectivity index (χ1v) is 9.23. The lowest BCUT2D eigenvalue weighted by Gasteiger charge is -2.14. The van der Waals surface area contributed by atoms with E-state index in [-0.39, 0.29) is 12.0 Å². The number of ether oxygens (including phenoxy) is 1. The monoisotopic (exact) mass is 356 g/mol. The number of benzene rings is 3. The van der Waals surface area contributed by atoms with Gasteiger partial charge in [-0.2, -0.15) is 5.26 Å². The lowest BCUT2D eigenvalue weighted by molar-refractivity contribution is 0.102. The Kier molecular flexibility index (Phi) is 4.76. The average Bonchev–Trinajstić information content (AvgIpc) is 3.20. The predicted molar refractivity (Wildman–Crippen MR) is 106 cm³/mol. The highest BCUT2D eigenvalue weighted by atomic mass is 16.5. The molecule has 0 aliphatic heterocycles. The predicted octanol–water partition coefficient (Wildman–Crippen LogP) is 5.29. The Morgan fingerprint density at radius 2 is 1.78 bits per heavy atom. The molecule has 0 bridgehead atoms. The highest BCUT2D eigenvalue weighted by Crippen LogP contribution is 2.26. The van der Waals surface area contributed by atoms with Gasteiger partial charge in [0.2, 0.25) is 0 Å². The van der Waals surface area contributed by atoms with E-state index in [4.69, 9.17) is 10.00 Å². The van der Waals surface area contributed by atoms with Crippen LogP contribution < -0.4 is 10.1 Å². The number of fused-ring (bicyclic) bond motifs is 1. The number of nitriles is 1. The Hall–Kier alpha value is -3.32. The number of carbonyl (C=O) groups excluding carboxylic acids is 1. The molecule has 3 aromatic carbocycles. The quantitative estimate of drug-likeness (QED) is 0.691. The number of rotatable bonds is 4. The van der Waals surface area contributed by atoms with E-state index in [0.29, 0.717) is 11.1 Å². The van der Waals surface area contributed by atoms with Gasteiger partial charge in [-0.15, -0.1) is 0 Å². The number of carbonyl (C=O) groups is 1. The summed E-state index contributed by atoms with van der Waals surface area (Å²) in [7, 11) is 0. The van der Waals surface area contributed by atoms with Gasteiger partial charge in [-0.1, -0.05) is 18.2 Å².